The standard InChI is InChI=1S/C14H23N5/c1-3-11(4-1)8-16-13-7-14(18-10-17-13)19-12-5-2-6-15-9-12/h7,10-12,15H,1-6,8-9H2,(H2,16,17,18,19). The molecular formula is C14H23N5. The number of aromatic nitrogens is 2. The number of piperidine rings is 1. The van der Waals surface area contributed by atoms with Crippen LogP contribution in [0, 0.1) is 5.92 Å². The minimum Gasteiger partial charge on any atom is -0.370 e. The van der Waals surface area contributed by atoms with Gasteiger partial charge < -0.3 is 16.0 Å². The van der Waals surface area contributed by atoms with Gasteiger partial charge in [-0.3, -0.25) is 0 Å². The van der Waals surface area contributed by atoms with Crippen LogP contribution in [0.4, 0.5) is 11.6 Å². The van der Waals surface area contributed by atoms with Crippen molar-refractivity contribution in [3.05, 3.63) is 12.4 Å². The highest BCUT2D eigenvalue weighted by Crippen LogP contribution is 2.26. The second-order valence-corrected chi connectivity index (χ2v) is 5.65. The molecule has 2 heterocycles. The van der Waals surface area contributed by atoms with Crippen LogP contribution < -0.4 is 16.0 Å². The minimum atomic E-state index is 0.489. The van der Waals surface area contributed by atoms with Gasteiger partial charge in [0.05, 0.1) is 0 Å². The van der Waals surface area contributed by atoms with Crippen molar-refractivity contribution in [2.45, 2.75) is 38.1 Å². The van der Waals surface area contributed by atoms with Gasteiger partial charge in [0.15, 0.2) is 0 Å². The molecule has 0 amide bonds. The summed E-state index contributed by atoms with van der Waals surface area (Å²) in [7, 11) is 0. The fourth-order valence-corrected chi connectivity index (χ4v) is 2.66. The SMILES string of the molecule is c1nc(NCC2CCC2)cc(NC2CCCNC2)n1. The van der Waals surface area contributed by atoms with Gasteiger partial charge in [0.1, 0.15) is 18.0 Å². The van der Waals surface area contributed by atoms with Gasteiger partial charge in [-0.1, -0.05) is 6.42 Å². The third-order valence-corrected chi connectivity index (χ3v) is 4.11. The van der Waals surface area contributed by atoms with E-state index in [1.807, 2.05) is 6.07 Å². The maximum Gasteiger partial charge on any atom is 0.131 e. The smallest absolute Gasteiger partial charge is 0.131 e. The van der Waals surface area contributed by atoms with Gasteiger partial charge in [-0.15, -0.1) is 0 Å². The molecule has 2 fully saturated rings. The number of nitrogens with one attached hydrogen (secondary N) is 3. The molecule has 1 aliphatic heterocycles. The summed E-state index contributed by atoms with van der Waals surface area (Å²) >= 11 is 0. The first-order valence-corrected chi connectivity index (χ1v) is 7.43. The van der Waals surface area contributed by atoms with Gasteiger partial charge in [-0.05, 0) is 38.1 Å². The first kappa shape index (κ1) is 12.7. The quantitative estimate of drug-likeness (QED) is 0.755. The largest absolute Gasteiger partial charge is 0.370 e. The molecule has 0 spiro atoms. The first-order chi connectivity index (χ1) is 9.40. The van der Waals surface area contributed by atoms with Crippen molar-refractivity contribution >= 4 is 11.6 Å². The summed E-state index contributed by atoms with van der Waals surface area (Å²) in [6, 6.07) is 2.51. The van der Waals surface area contributed by atoms with Crippen LogP contribution in [0.3, 0.4) is 0 Å². The molecule has 3 N–H and O–H groups in total. The molecule has 1 saturated carbocycles. The Hall–Kier alpha value is -1.36. The number of hydrogen-bond acceptors (Lipinski definition) is 5. The molecule has 1 atom stereocenters. The second kappa shape index (κ2) is 6.19. The summed E-state index contributed by atoms with van der Waals surface area (Å²) in [6.45, 7) is 3.20. The average molecular weight is 261 g/mol. The van der Waals surface area contributed by atoms with Crippen LogP contribution in [0.2, 0.25) is 0 Å². The van der Waals surface area contributed by atoms with Crippen LogP contribution >= 0.6 is 0 Å². The number of hydrogen-bond donors (Lipinski definition) is 3. The van der Waals surface area contributed by atoms with Gasteiger partial charge in [0, 0.05) is 25.2 Å². The molecule has 3 rings (SSSR count). The lowest BCUT2D eigenvalue weighted by atomic mass is 9.85. The maximum atomic E-state index is 4.30. The number of anilines is 2. The molecule has 1 unspecified atom stereocenters. The van der Waals surface area contributed by atoms with Gasteiger partial charge in [0.25, 0.3) is 0 Å². The van der Waals surface area contributed by atoms with Gasteiger partial charge >= 0.3 is 0 Å². The predicted octanol–water partition coefficient (Wildman–Crippen LogP) is 1.85. The van der Waals surface area contributed by atoms with E-state index >= 15 is 0 Å². The fourth-order valence-electron chi connectivity index (χ4n) is 2.66. The number of rotatable bonds is 5. The van der Waals surface area contributed by atoms with Crippen molar-refractivity contribution in [3.8, 4) is 0 Å². The third kappa shape index (κ3) is 3.56. The summed E-state index contributed by atoms with van der Waals surface area (Å²) in [5, 5.41) is 10.3. The molecule has 1 aromatic rings. The fraction of sp³-hybridized carbons (Fsp3) is 0.714. The highest BCUT2D eigenvalue weighted by molar-refractivity contribution is 5.47. The molecule has 19 heavy (non-hydrogen) atoms. The molecule has 104 valence electrons. The zero-order valence-corrected chi connectivity index (χ0v) is 11.4. The summed E-state index contributed by atoms with van der Waals surface area (Å²) < 4.78 is 0. The van der Waals surface area contributed by atoms with Crippen LogP contribution in [0.5, 0.6) is 0 Å². The lowest BCUT2D eigenvalue weighted by molar-refractivity contribution is 0.333. The van der Waals surface area contributed by atoms with E-state index in [2.05, 4.69) is 25.9 Å². The highest BCUT2D eigenvalue weighted by atomic mass is 15.1. The molecule has 5 nitrogen and oxygen atoms in total. The Balaban J connectivity index is 1.52. The Morgan fingerprint density at radius 2 is 2.05 bits per heavy atom. The Morgan fingerprint density at radius 3 is 2.79 bits per heavy atom. The Bertz CT molecular complexity index is 399. The van der Waals surface area contributed by atoms with Crippen molar-refractivity contribution in [3.63, 3.8) is 0 Å². The number of nitrogens with zero attached hydrogens (tertiary/aromatic N) is 2. The molecule has 1 aromatic heterocycles. The van der Waals surface area contributed by atoms with Crippen molar-refractivity contribution in [1.82, 2.24) is 15.3 Å². The monoisotopic (exact) mass is 261 g/mol. The van der Waals surface area contributed by atoms with E-state index in [0.29, 0.717) is 6.04 Å². The lowest BCUT2D eigenvalue weighted by Gasteiger charge is -2.26. The first-order valence-electron chi connectivity index (χ1n) is 7.43. The summed E-state index contributed by atoms with van der Waals surface area (Å²) in [5.41, 5.74) is 0. The van der Waals surface area contributed by atoms with Crippen molar-refractivity contribution in [1.29, 1.82) is 0 Å². The molecule has 5 heteroatoms. The molecule has 1 aliphatic carbocycles. The van der Waals surface area contributed by atoms with E-state index in [1.165, 1.54) is 32.1 Å². The van der Waals surface area contributed by atoms with E-state index in [-0.39, 0.29) is 0 Å². The van der Waals surface area contributed by atoms with Crippen LogP contribution in [0.1, 0.15) is 32.1 Å². The van der Waals surface area contributed by atoms with Gasteiger partial charge in [-0.2, -0.15) is 0 Å². The molecule has 0 radical (unpaired) electrons. The Morgan fingerprint density at radius 1 is 1.16 bits per heavy atom. The molecule has 2 aliphatic rings. The molecule has 0 aromatic carbocycles. The normalized spacial score (nSPS) is 23.7. The lowest BCUT2D eigenvalue weighted by Crippen LogP contribution is -2.38. The minimum absolute atomic E-state index is 0.489. The Labute approximate surface area is 114 Å². The van der Waals surface area contributed by atoms with E-state index in [1.54, 1.807) is 6.33 Å². The van der Waals surface area contributed by atoms with Crippen molar-refractivity contribution in [2.24, 2.45) is 5.92 Å². The van der Waals surface area contributed by atoms with Crippen molar-refractivity contribution < 1.29 is 0 Å². The van der Waals surface area contributed by atoms with E-state index in [0.717, 1.165) is 37.2 Å². The summed E-state index contributed by atoms with van der Waals surface area (Å²) in [6.07, 6.45) is 8.19. The summed E-state index contributed by atoms with van der Waals surface area (Å²) in [5.74, 6) is 2.71. The van der Waals surface area contributed by atoms with E-state index in [4.69, 9.17) is 0 Å². The van der Waals surface area contributed by atoms with Crippen LogP contribution in [0.25, 0.3) is 0 Å². The average Bonchev–Trinajstić information content (AvgIpc) is 2.39. The van der Waals surface area contributed by atoms with Crippen LogP contribution in [-0.2, 0) is 0 Å². The third-order valence-electron chi connectivity index (χ3n) is 4.11. The predicted molar refractivity (Wildman–Crippen MR) is 77.4 cm³/mol. The van der Waals surface area contributed by atoms with Gasteiger partial charge in [-0.25, -0.2) is 9.97 Å². The Kier molecular flexibility index (Phi) is 4.13. The zero-order chi connectivity index (χ0) is 12.9. The van der Waals surface area contributed by atoms with Crippen LogP contribution in [0.15, 0.2) is 12.4 Å². The van der Waals surface area contributed by atoms with E-state index < -0.39 is 0 Å². The zero-order valence-electron chi connectivity index (χ0n) is 11.4. The molecule has 1 saturated heterocycles. The topological polar surface area (TPSA) is 61.9 Å². The second-order valence-electron chi connectivity index (χ2n) is 5.65. The van der Waals surface area contributed by atoms with E-state index in [9.17, 15) is 0 Å². The molecular weight excluding hydrogens is 238 g/mol. The maximum absolute atomic E-state index is 4.30. The summed E-state index contributed by atoms with van der Waals surface area (Å²) in [4.78, 5) is 8.59. The van der Waals surface area contributed by atoms with Gasteiger partial charge in [0.2, 0.25) is 0 Å². The molecule has 0 bridgehead atoms. The van der Waals surface area contributed by atoms with Crippen molar-refractivity contribution in [2.75, 3.05) is 30.3 Å². The highest BCUT2D eigenvalue weighted by Gasteiger charge is 2.17. The van der Waals surface area contributed by atoms with Crippen LogP contribution in [-0.4, -0.2) is 35.6 Å².